The summed E-state index contributed by atoms with van der Waals surface area (Å²) in [5, 5.41) is 2.71. The summed E-state index contributed by atoms with van der Waals surface area (Å²) < 4.78 is 1.07. The molecule has 60 valence electrons. The first-order valence-electron chi connectivity index (χ1n) is 3.19. The highest BCUT2D eigenvalue weighted by molar-refractivity contribution is 4.82. The van der Waals surface area contributed by atoms with Crippen LogP contribution in [0.5, 0.6) is 0 Å². The molecule has 0 unspecified atom stereocenters. The first-order chi connectivity index (χ1) is 5.25. The van der Waals surface area contributed by atoms with Crippen molar-refractivity contribution in [3.63, 3.8) is 0 Å². The van der Waals surface area contributed by atoms with Crippen LogP contribution in [0.4, 0.5) is 0 Å². The van der Waals surface area contributed by atoms with Gasteiger partial charge in [0.15, 0.2) is 0 Å². The Balaban J connectivity index is 3.22. The maximum Gasteiger partial charge on any atom is 0.329 e. The van der Waals surface area contributed by atoms with Gasteiger partial charge in [-0.05, 0) is 7.05 Å². The van der Waals surface area contributed by atoms with Crippen LogP contribution in [0.1, 0.15) is 0 Å². The maximum absolute atomic E-state index is 10.9. The number of H-pyrrole nitrogens is 1. The lowest BCUT2D eigenvalue weighted by molar-refractivity contribution is 0.567. The molecule has 0 atom stereocenters. The smallest absolute Gasteiger partial charge is 0.314 e. The minimum Gasteiger partial charge on any atom is -0.314 e. The van der Waals surface area contributed by atoms with Crippen molar-refractivity contribution >= 4 is 0 Å². The Kier molecular flexibility index (Phi) is 2.22. The molecular formula is C6H9N3O2. The highest BCUT2D eigenvalue weighted by Crippen LogP contribution is 1.64. The molecule has 1 heterocycles. The summed E-state index contributed by atoms with van der Waals surface area (Å²) in [7, 11) is 1.67. The Morgan fingerprint density at radius 3 is 2.91 bits per heavy atom. The molecule has 5 nitrogen and oxygen atoms in total. The third-order valence-electron chi connectivity index (χ3n) is 1.26. The molecule has 0 bridgehead atoms. The second kappa shape index (κ2) is 3.16. The van der Waals surface area contributed by atoms with Gasteiger partial charge < -0.3 is 10.3 Å². The molecule has 0 radical (unpaired) electrons. The zero-order valence-electron chi connectivity index (χ0n) is 6.13. The molecule has 0 aromatic carbocycles. The van der Waals surface area contributed by atoms with Crippen molar-refractivity contribution in [1.29, 1.82) is 0 Å². The van der Waals surface area contributed by atoms with E-state index in [0.717, 1.165) is 4.57 Å². The zero-order valence-corrected chi connectivity index (χ0v) is 6.13. The van der Waals surface area contributed by atoms with Gasteiger partial charge in [0.05, 0.1) is 6.67 Å². The van der Waals surface area contributed by atoms with E-state index in [-0.39, 0.29) is 12.2 Å². The quantitative estimate of drug-likeness (QED) is 0.558. The summed E-state index contributed by atoms with van der Waals surface area (Å²) in [5.41, 5.74) is -0.699. The molecule has 0 saturated carbocycles. The van der Waals surface area contributed by atoms with Crippen LogP contribution >= 0.6 is 0 Å². The number of rotatable bonds is 2. The Morgan fingerprint density at radius 2 is 2.36 bits per heavy atom. The molecule has 5 heteroatoms. The van der Waals surface area contributed by atoms with Crippen LogP contribution in [-0.4, -0.2) is 16.6 Å². The third-order valence-corrected chi connectivity index (χ3v) is 1.26. The van der Waals surface area contributed by atoms with Crippen molar-refractivity contribution in [1.82, 2.24) is 14.9 Å². The van der Waals surface area contributed by atoms with E-state index < -0.39 is 5.69 Å². The van der Waals surface area contributed by atoms with Gasteiger partial charge in [-0.25, -0.2) is 9.36 Å². The molecule has 0 saturated heterocycles. The van der Waals surface area contributed by atoms with Crippen LogP contribution in [0, 0.1) is 0 Å². The van der Waals surface area contributed by atoms with Crippen LogP contribution in [0.2, 0.25) is 0 Å². The summed E-state index contributed by atoms with van der Waals surface area (Å²) >= 11 is 0. The fourth-order valence-corrected chi connectivity index (χ4v) is 0.760. The third kappa shape index (κ3) is 1.56. The average molecular weight is 155 g/mol. The van der Waals surface area contributed by atoms with Crippen molar-refractivity contribution in [2.75, 3.05) is 7.05 Å². The number of aromatic nitrogens is 2. The normalized spacial score (nSPS) is 9.91. The Labute approximate surface area is 62.7 Å². The highest BCUT2D eigenvalue weighted by atomic mass is 16.2. The SMILES string of the molecule is CNCn1c(=O)cc[nH]c1=O. The van der Waals surface area contributed by atoms with E-state index in [9.17, 15) is 9.59 Å². The standard InChI is InChI=1S/C6H9N3O2/c1-7-4-9-5(10)2-3-8-6(9)11/h2-3,7H,4H2,1H3,(H,8,11). The topological polar surface area (TPSA) is 66.9 Å². The van der Waals surface area contributed by atoms with Gasteiger partial charge in [0.25, 0.3) is 5.56 Å². The summed E-state index contributed by atoms with van der Waals surface area (Å²) in [6.45, 7) is 0.231. The zero-order chi connectivity index (χ0) is 8.27. The lowest BCUT2D eigenvalue weighted by Crippen LogP contribution is -2.37. The largest absolute Gasteiger partial charge is 0.329 e. The molecular weight excluding hydrogens is 146 g/mol. The van der Waals surface area contributed by atoms with Crippen LogP contribution in [0.15, 0.2) is 21.9 Å². The molecule has 2 N–H and O–H groups in total. The summed E-state index contributed by atoms with van der Waals surface area (Å²) in [4.78, 5) is 24.2. The van der Waals surface area contributed by atoms with Crippen LogP contribution in [0.25, 0.3) is 0 Å². The van der Waals surface area contributed by atoms with Gasteiger partial charge in [-0.15, -0.1) is 0 Å². The Hall–Kier alpha value is -1.36. The second-order valence-electron chi connectivity index (χ2n) is 2.06. The van der Waals surface area contributed by atoms with Crippen LogP contribution < -0.4 is 16.6 Å². The van der Waals surface area contributed by atoms with Crippen LogP contribution in [0.3, 0.4) is 0 Å². The van der Waals surface area contributed by atoms with E-state index in [1.165, 1.54) is 12.3 Å². The molecule has 1 aromatic heterocycles. The average Bonchev–Trinajstić information content (AvgIpc) is 1.97. The van der Waals surface area contributed by atoms with E-state index in [0.29, 0.717) is 0 Å². The van der Waals surface area contributed by atoms with Crippen molar-refractivity contribution in [3.05, 3.63) is 33.1 Å². The fraction of sp³-hybridized carbons (Fsp3) is 0.333. The first kappa shape index (κ1) is 7.74. The van der Waals surface area contributed by atoms with E-state index in [1.807, 2.05) is 0 Å². The van der Waals surface area contributed by atoms with Gasteiger partial charge in [-0.3, -0.25) is 4.79 Å². The lowest BCUT2D eigenvalue weighted by Gasteiger charge is -1.99. The van der Waals surface area contributed by atoms with E-state index >= 15 is 0 Å². The Bertz CT molecular complexity index is 310. The number of hydrogen-bond donors (Lipinski definition) is 2. The number of hydrogen-bond acceptors (Lipinski definition) is 3. The van der Waals surface area contributed by atoms with Gasteiger partial charge >= 0.3 is 5.69 Å². The predicted octanol–water partition coefficient (Wildman–Crippen LogP) is -1.29. The number of aromatic amines is 1. The molecule has 0 spiro atoms. The molecule has 0 aliphatic carbocycles. The van der Waals surface area contributed by atoms with Crippen molar-refractivity contribution in [2.45, 2.75) is 6.67 Å². The minimum atomic E-state index is -0.396. The van der Waals surface area contributed by atoms with Crippen molar-refractivity contribution in [3.8, 4) is 0 Å². The molecule has 0 aliphatic rings. The van der Waals surface area contributed by atoms with E-state index in [2.05, 4.69) is 10.3 Å². The molecule has 11 heavy (non-hydrogen) atoms. The fourth-order valence-electron chi connectivity index (χ4n) is 0.760. The van der Waals surface area contributed by atoms with Crippen molar-refractivity contribution < 1.29 is 0 Å². The molecule has 0 aliphatic heterocycles. The lowest BCUT2D eigenvalue weighted by atomic mass is 10.6. The first-order valence-corrected chi connectivity index (χ1v) is 3.19. The molecule has 0 amide bonds. The molecule has 1 aromatic rings. The maximum atomic E-state index is 10.9. The Morgan fingerprint density at radius 1 is 1.64 bits per heavy atom. The van der Waals surface area contributed by atoms with Gasteiger partial charge in [-0.1, -0.05) is 0 Å². The van der Waals surface area contributed by atoms with E-state index in [1.54, 1.807) is 7.05 Å². The van der Waals surface area contributed by atoms with Crippen molar-refractivity contribution in [2.24, 2.45) is 0 Å². The van der Waals surface area contributed by atoms with Gasteiger partial charge in [0.2, 0.25) is 0 Å². The summed E-state index contributed by atoms with van der Waals surface area (Å²) in [6.07, 6.45) is 1.33. The summed E-state index contributed by atoms with van der Waals surface area (Å²) in [5.74, 6) is 0. The van der Waals surface area contributed by atoms with Gasteiger partial charge in [-0.2, -0.15) is 0 Å². The van der Waals surface area contributed by atoms with Crippen LogP contribution in [-0.2, 0) is 6.67 Å². The predicted molar refractivity (Wildman–Crippen MR) is 40.4 cm³/mol. The van der Waals surface area contributed by atoms with Gasteiger partial charge in [0.1, 0.15) is 0 Å². The molecule has 0 fully saturated rings. The molecule has 1 rings (SSSR count). The minimum absolute atomic E-state index is 0.231. The van der Waals surface area contributed by atoms with Gasteiger partial charge in [0, 0.05) is 12.3 Å². The number of nitrogens with one attached hydrogen (secondary N) is 2. The van der Waals surface area contributed by atoms with E-state index in [4.69, 9.17) is 0 Å². The monoisotopic (exact) mass is 155 g/mol. The number of nitrogens with zero attached hydrogens (tertiary/aromatic N) is 1. The highest BCUT2D eigenvalue weighted by Gasteiger charge is 1.95. The second-order valence-corrected chi connectivity index (χ2v) is 2.06. The summed E-state index contributed by atoms with van der Waals surface area (Å²) in [6, 6.07) is 1.30.